The molecule has 0 unspecified atom stereocenters. The SMILES string of the molecule is O=c1c2sccc2n2c(=O)n(Cc3cccc(F)c3)nc2n1Cc1cccs1. The van der Waals surface area contributed by atoms with Gasteiger partial charge in [-0.15, -0.1) is 27.8 Å². The van der Waals surface area contributed by atoms with Gasteiger partial charge in [0.25, 0.3) is 5.56 Å². The third-order valence-electron chi connectivity index (χ3n) is 4.50. The van der Waals surface area contributed by atoms with Crippen LogP contribution in [0.2, 0.25) is 0 Å². The van der Waals surface area contributed by atoms with Crippen molar-refractivity contribution < 1.29 is 4.39 Å². The zero-order chi connectivity index (χ0) is 19.3. The minimum Gasteiger partial charge on any atom is -0.270 e. The van der Waals surface area contributed by atoms with Crippen molar-refractivity contribution >= 4 is 38.7 Å². The molecule has 0 saturated carbocycles. The molecule has 9 heteroatoms. The highest BCUT2D eigenvalue weighted by molar-refractivity contribution is 7.17. The summed E-state index contributed by atoms with van der Waals surface area (Å²) in [5.74, 6) is -0.0881. The summed E-state index contributed by atoms with van der Waals surface area (Å²) in [4.78, 5) is 27.1. The number of nitrogens with zero attached hydrogens (tertiary/aromatic N) is 4. The van der Waals surface area contributed by atoms with Gasteiger partial charge in [-0.25, -0.2) is 18.3 Å². The Morgan fingerprint density at radius 2 is 1.89 bits per heavy atom. The third kappa shape index (κ3) is 2.71. The molecule has 0 aliphatic rings. The highest BCUT2D eigenvalue weighted by atomic mass is 32.1. The Kier molecular flexibility index (Phi) is 3.99. The lowest BCUT2D eigenvalue weighted by Crippen LogP contribution is -2.26. The van der Waals surface area contributed by atoms with Crippen molar-refractivity contribution in [1.82, 2.24) is 18.7 Å². The molecular formula is C19H13FN4O2S2. The summed E-state index contributed by atoms with van der Waals surface area (Å²) < 4.78 is 18.3. The normalized spacial score (nSPS) is 11.6. The fourth-order valence-corrected chi connectivity index (χ4v) is 4.76. The first kappa shape index (κ1) is 17.1. The highest BCUT2D eigenvalue weighted by Gasteiger charge is 2.18. The second-order valence-corrected chi connectivity index (χ2v) is 8.26. The smallest absolute Gasteiger partial charge is 0.270 e. The van der Waals surface area contributed by atoms with Gasteiger partial charge in [-0.05, 0) is 40.6 Å². The van der Waals surface area contributed by atoms with E-state index in [1.165, 1.54) is 48.5 Å². The summed E-state index contributed by atoms with van der Waals surface area (Å²) in [6.45, 7) is 0.460. The molecule has 140 valence electrons. The van der Waals surface area contributed by atoms with Crippen molar-refractivity contribution in [1.29, 1.82) is 0 Å². The molecule has 0 atom stereocenters. The van der Waals surface area contributed by atoms with E-state index in [0.29, 0.717) is 22.3 Å². The van der Waals surface area contributed by atoms with Gasteiger partial charge < -0.3 is 0 Å². The van der Waals surface area contributed by atoms with Gasteiger partial charge in [0, 0.05) is 4.88 Å². The summed E-state index contributed by atoms with van der Waals surface area (Å²) in [6.07, 6.45) is 0. The summed E-state index contributed by atoms with van der Waals surface area (Å²) in [5.41, 5.74) is 0.638. The van der Waals surface area contributed by atoms with E-state index >= 15 is 0 Å². The average Bonchev–Trinajstić information content (AvgIpc) is 3.40. The predicted octanol–water partition coefficient (Wildman–Crippen LogP) is 3.17. The molecule has 0 radical (unpaired) electrons. The second kappa shape index (κ2) is 6.54. The van der Waals surface area contributed by atoms with Crippen LogP contribution in [-0.2, 0) is 13.1 Å². The number of thiophene rings is 2. The number of hydrogen-bond acceptors (Lipinski definition) is 5. The van der Waals surface area contributed by atoms with Crippen molar-refractivity contribution in [2.75, 3.05) is 0 Å². The van der Waals surface area contributed by atoms with Crippen molar-refractivity contribution in [2.24, 2.45) is 0 Å². The Labute approximate surface area is 165 Å². The summed E-state index contributed by atoms with van der Waals surface area (Å²) in [5, 5.41) is 8.15. The zero-order valence-electron chi connectivity index (χ0n) is 14.4. The molecule has 4 heterocycles. The third-order valence-corrected chi connectivity index (χ3v) is 6.26. The Morgan fingerprint density at radius 3 is 2.68 bits per heavy atom. The number of aromatic nitrogens is 4. The minimum absolute atomic E-state index is 0.122. The van der Waals surface area contributed by atoms with E-state index in [0.717, 1.165) is 4.88 Å². The number of fused-ring (bicyclic) bond motifs is 3. The van der Waals surface area contributed by atoms with Crippen molar-refractivity contribution in [2.45, 2.75) is 13.1 Å². The van der Waals surface area contributed by atoms with Gasteiger partial charge >= 0.3 is 5.69 Å². The Hall–Kier alpha value is -3.04. The molecule has 6 nitrogen and oxygen atoms in total. The molecule has 0 spiro atoms. The van der Waals surface area contributed by atoms with Gasteiger partial charge in [0.15, 0.2) is 0 Å². The first-order valence-electron chi connectivity index (χ1n) is 8.48. The molecule has 0 saturated heterocycles. The molecule has 0 aliphatic carbocycles. The summed E-state index contributed by atoms with van der Waals surface area (Å²) in [7, 11) is 0. The van der Waals surface area contributed by atoms with Crippen molar-refractivity contribution in [3.63, 3.8) is 0 Å². The monoisotopic (exact) mass is 412 g/mol. The molecule has 0 bridgehead atoms. The average molecular weight is 412 g/mol. The first-order chi connectivity index (χ1) is 13.6. The lowest BCUT2D eigenvalue weighted by Gasteiger charge is -2.06. The van der Waals surface area contributed by atoms with Gasteiger partial charge in [0.05, 0.1) is 18.6 Å². The standard InChI is InChI=1S/C19H13FN4O2S2/c20-13-4-1-3-12(9-13)10-23-19(26)24-15-6-8-28-16(15)17(25)22(18(24)21-23)11-14-5-2-7-27-14/h1-9H,10-11H2. The Balaban J connectivity index is 1.75. The zero-order valence-corrected chi connectivity index (χ0v) is 16.0. The van der Waals surface area contributed by atoms with Gasteiger partial charge in [0.2, 0.25) is 5.78 Å². The van der Waals surface area contributed by atoms with Crippen LogP contribution < -0.4 is 11.2 Å². The van der Waals surface area contributed by atoms with Gasteiger partial charge in [0.1, 0.15) is 10.5 Å². The fraction of sp³-hybridized carbons (Fsp3) is 0.105. The fourth-order valence-electron chi connectivity index (χ4n) is 3.25. The van der Waals surface area contributed by atoms with E-state index in [-0.39, 0.29) is 29.4 Å². The van der Waals surface area contributed by atoms with Crippen LogP contribution in [0.15, 0.2) is 62.8 Å². The molecule has 5 aromatic rings. The van der Waals surface area contributed by atoms with E-state index in [4.69, 9.17) is 0 Å². The summed E-state index contributed by atoms with van der Waals surface area (Å²) >= 11 is 2.84. The number of hydrogen-bond donors (Lipinski definition) is 0. The lowest BCUT2D eigenvalue weighted by molar-refractivity contribution is 0.615. The number of benzene rings is 1. The topological polar surface area (TPSA) is 61.3 Å². The van der Waals surface area contributed by atoms with Crippen LogP contribution in [0.25, 0.3) is 16.0 Å². The molecule has 4 aromatic heterocycles. The maximum Gasteiger partial charge on any atom is 0.352 e. The van der Waals surface area contributed by atoms with Gasteiger partial charge in [-0.2, -0.15) is 0 Å². The maximum absolute atomic E-state index is 13.5. The van der Waals surface area contributed by atoms with E-state index in [2.05, 4.69) is 5.10 Å². The van der Waals surface area contributed by atoms with Crippen molar-refractivity contribution in [3.8, 4) is 0 Å². The quantitative estimate of drug-likeness (QED) is 0.456. The summed E-state index contributed by atoms with van der Waals surface area (Å²) in [6, 6.07) is 11.7. The van der Waals surface area contributed by atoms with Crippen LogP contribution in [-0.4, -0.2) is 18.7 Å². The van der Waals surface area contributed by atoms with Gasteiger partial charge in [-0.1, -0.05) is 18.2 Å². The van der Waals surface area contributed by atoms with Crippen LogP contribution >= 0.6 is 22.7 Å². The largest absolute Gasteiger partial charge is 0.352 e. The van der Waals surface area contributed by atoms with E-state index in [1.54, 1.807) is 23.6 Å². The van der Waals surface area contributed by atoms with Crippen LogP contribution in [0.4, 0.5) is 4.39 Å². The second-order valence-electron chi connectivity index (χ2n) is 6.31. The van der Waals surface area contributed by atoms with Crippen LogP contribution in [0.1, 0.15) is 10.4 Å². The van der Waals surface area contributed by atoms with Crippen LogP contribution in [0, 0.1) is 5.82 Å². The first-order valence-corrected chi connectivity index (χ1v) is 10.2. The Bertz CT molecular complexity index is 1430. The molecule has 0 aliphatic heterocycles. The number of halogens is 1. The highest BCUT2D eigenvalue weighted by Crippen LogP contribution is 2.19. The molecule has 5 rings (SSSR count). The maximum atomic E-state index is 13.5. The number of rotatable bonds is 4. The van der Waals surface area contributed by atoms with E-state index in [1.807, 2.05) is 17.5 Å². The van der Waals surface area contributed by atoms with Gasteiger partial charge in [-0.3, -0.25) is 9.36 Å². The van der Waals surface area contributed by atoms with Crippen LogP contribution in [0.3, 0.4) is 0 Å². The molecular weight excluding hydrogens is 399 g/mol. The molecule has 0 fully saturated rings. The van der Waals surface area contributed by atoms with E-state index in [9.17, 15) is 14.0 Å². The predicted molar refractivity (Wildman–Crippen MR) is 108 cm³/mol. The van der Waals surface area contributed by atoms with Crippen LogP contribution in [0.5, 0.6) is 0 Å². The lowest BCUT2D eigenvalue weighted by atomic mass is 10.2. The molecule has 28 heavy (non-hydrogen) atoms. The molecule has 1 aromatic carbocycles. The minimum atomic E-state index is -0.371. The molecule has 0 N–H and O–H groups in total. The molecule has 0 amide bonds. The van der Waals surface area contributed by atoms with E-state index < -0.39 is 0 Å². The Morgan fingerprint density at radius 1 is 1.00 bits per heavy atom. The van der Waals surface area contributed by atoms with Crippen molar-refractivity contribution in [3.05, 3.63) is 90.3 Å².